The van der Waals surface area contributed by atoms with E-state index in [9.17, 15) is 4.79 Å². The average Bonchev–Trinajstić information content (AvgIpc) is 2.33. The van der Waals surface area contributed by atoms with E-state index in [-0.39, 0.29) is 17.5 Å². The molecule has 4 heteroatoms. The van der Waals surface area contributed by atoms with Crippen LogP contribution in [0.3, 0.4) is 0 Å². The van der Waals surface area contributed by atoms with Gasteiger partial charge in [0.05, 0.1) is 6.04 Å². The summed E-state index contributed by atoms with van der Waals surface area (Å²) in [5.74, 6) is 0. The predicted octanol–water partition coefficient (Wildman–Crippen LogP) is 2.63. The van der Waals surface area contributed by atoms with Crippen LogP contribution in [0.15, 0.2) is 30.3 Å². The fraction of sp³-hybridized carbons (Fsp3) is 0.533. The Labute approximate surface area is 115 Å². The molecule has 0 saturated carbocycles. The number of benzene rings is 1. The van der Waals surface area contributed by atoms with Gasteiger partial charge >= 0.3 is 6.09 Å². The van der Waals surface area contributed by atoms with E-state index >= 15 is 0 Å². The first-order chi connectivity index (χ1) is 8.80. The number of nitrogens with two attached hydrogens (primary N) is 1. The summed E-state index contributed by atoms with van der Waals surface area (Å²) in [5.41, 5.74) is 7.20. The summed E-state index contributed by atoms with van der Waals surface area (Å²) in [6.45, 7) is 5.99. The lowest BCUT2D eigenvalue weighted by atomic mass is 9.81. The highest BCUT2D eigenvalue weighted by atomic mass is 16.4. The first-order valence-corrected chi connectivity index (χ1v) is 6.59. The molecule has 4 nitrogen and oxygen atoms in total. The van der Waals surface area contributed by atoms with Gasteiger partial charge in [-0.25, -0.2) is 4.79 Å². The maximum atomic E-state index is 10.9. The average molecular weight is 264 g/mol. The van der Waals surface area contributed by atoms with Gasteiger partial charge in [0.25, 0.3) is 0 Å². The molecule has 0 bridgehead atoms. The van der Waals surface area contributed by atoms with Crippen molar-refractivity contribution in [2.75, 3.05) is 0 Å². The molecule has 0 aliphatic carbocycles. The second kappa shape index (κ2) is 6.57. The SMILES string of the molecule is CC(C)(C)C(NC(=O)O)C(N)CCc1ccccc1. The molecular formula is C15H24N2O2. The van der Waals surface area contributed by atoms with Crippen molar-refractivity contribution in [3.05, 3.63) is 35.9 Å². The maximum Gasteiger partial charge on any atom is 0.404 e. The third-order valence-corrected chi connectivity index (χ3v) is 3.25. The van der Waals surface area contributed by atoms with Crippen molar-refractivity contribution in [2.45, 2.75) is 45.7 Å². The zero-order valence-corrected chi connectivity index (χ0v) is 11.9. The van der Waals surface area contributed by atoms with E-state index in [2.05, 4.69) is 17.4 Å². The Kier molecular flexibility index (Phi) is 5.36. The minimum Gasteiger partial charge on any atom is -0.465 e. The lowest BCUT2D eigenvalue weighted by molar-refractivity contribution is 0.165. The van der Waals surface area contributed by atoms with E-state index in [0.717, 1.165) is 12.8 Å². The van der Waals surface area contributed by atoms with Crippen LogP contribution in [0.4, 0.5) is 4.79 Å². The lowest BCUT2D eigenvalue weighted by Crippen LogP contribution is -2.54. The number of hydrogen-bond donors (Lipinski definition) is 3. The molecule has 0 saturated heterocycles. The zero-order chi connectivity index (χ0) is 14.5. The molecule has 0 aliphatic rings. The Morgan fingerprint density at radius 2 is 1.89 bits per heavy atom. The lowest BCUT2D eigenvalue weighted by Gasteiger charge is -2.35. The molecule has 0 heterocycles. The van der Waals surface area contributed by atoms with E-state index in [1.165, 1.54) is 5.56 Å². The van der Waals surface area contributed by atoms with Crippen molar-refractivity contribution >= 4 is 6.09 Å². The first kappa shape index (κ1) is 15.5. The molecule has 1 rings (SSSR count). The van der Waals surface area contributed by atoms with Crippen molar-refractivity contribution < 1.29 is 9.90 Å². The molecule has 4 N–H and O–H groups in total. The largest absolute Gasteiger partial charge is 0.465 e. The highest BCUT2D eigenvalue weighted by Crippen LogP contribution is 2.23. The predicted molar refractivity (Wildman–Crippen MR) is 77.1 cm³/mol. The van der Waals surface area contributed by atoms with Crippen LogP contribution in [0.1, 0.15) is 32.8 Å². The van der Waals surface area contributed by atoms with Crippen molar-refractivity contribution in [2.24, 2.45) is 11.1 Å². The van der Waals surface area contributed by atoms with E-state index in [1.54, 1.807) is 0 Å². The number of aryl methyl sites for hydroxylation is 1. The Morgan fingerprint density at radius 1 is 1.32 bits per heavy atom. The van der Waals surface area contributed by atoms with Crippen molar-refractivity contribution in [3.63, 3.8) is 0 Å². The van der Waals surface area contributed by atoms with E-state index in [4.69, 9.17) is 10.8 Å². The zero-order valence-electron chi connectivity index (χ0n) is 11.9. The van der Waals surface area contributed by atoms with Gasteiger partial charge in [-0.3, -0.25) is 0 Å². The molecule has 106 valence electrons. The van der Waals surface area contributed by atoms with Crippen LogP contribution in [0, 0.1) is 5.41 Å². The van der Waals surface area contributed by atoms with Crippen molar-refractivity contribution in [1.29, 1.82) is 0 Å². The maximum absolute atomic E-state index is 10.9. The van der Waals surface area contributed by atoms with Gasteiger partial charge in [0.2, 0.25) is 0 Å². The molecule has 2 unspecified atom stereocenters. The normalized spacial score (nSPS) is 14.7. The van der Waals surface area contributed by atoms with Gasteiger partial charge in [0, 0.05) is 6.04 Å². The highest BCUT2D eigenvalue weighted by molar-refractivity contribution is 5.65. The van der Waals surface area contributed by atoms with Gasteiger partial charge in [0.1, 0.15) is 0 Å². The third kappa shape index (κ3) is 5.30. The summed E-state index contributed by atoms with van der Waals surface area (Å²) in [5, 5.41) is 11.5. The summed E-state index contributed by atoms with van der Waals surface area (Å²) >= 11 is 0. The van der Waals surface area contributed by atoms with Crippen LogP contribution < -0.4 is 11.1 Å². The molecule has 0 radical (unpaired) electrons. The Morgan fingerprint density at radius 3 is 2.37 bits per heavy atom. The van der Waals surface area contributed by atoms with Gasteiger partial charge in [-0.1, -0.05) is 51.1 Å². The molecular weight excluding hydrogens is 240 g/mol. The van der Waals surface area contributed by atoms with Crippen LogP contribution in [0.25, 0.3) is 0 Å². The van der Waals surface area contributed by atoms with Crippen molar-refractivity contribution in [3.8, 4) is 0 Å². The molecule has 1 amide bonds. The topological polar surface area (TPSA) is 75.3 Å². The monoisotopic (exact) mass is 264 g/mol. The summed E-state index contributed by atoms with van der Waals surface area (Å²) in [4.78, 5) is 10.9. The van der Waals surface area contributed by atoms with Crippen LogP contribution in [0.2, 0.25) is 0 Å². The van der Waals surface area contributed by atoms with Gasteiger partial charge in [-0.05, 0) is 23.8 Å². The second-order valence-electron chi connectivity index (χ2n) is 5.98. The van der Waals surface area contributed by atoms with Gasteiger partial charge in [-0.2, -0.15) is 0 Å². The van der Waals surface area contributed by atoms with Crippen LogP contribution in [0.5, 0.6) is 0 Å². The van der Waals surface area contributed by atoms with E-state index in [0.29, 0.717) is 0 Å². The van der Waals surface area contributed by atoms with Gasteiger partial charge in [0.15, 0.2) is 0 Å². The number of carbonyl (C=O) groups is 1. The second-order valence-corrected chi connectivity index (χ2v) is 5.98. The smallest absolute Gasteiger partial charge is 0.404 e. The van der Waals surface area contributed by atoms with Gasteiger partial charge < -0.3 is 16.2 Å². The fourth-order valence-corrected chi connectivity index (χ4v) is 2.24. The third-order valence-electron chi connectivity index (χ3n) is 3.25. The molecule has 1 aromatic carbocycles. The molecule has 2 atom stereocenters. The standard InChI is InChI=1S/C15H24N2O2/c1-15(2,3)13(17-14(18)19)12(16)10-9-11-7-5-4-6-8-11/h4-8,12-13,17H,9-10,16H2,1-3H3,(H,18,19). The van der Waals surface area contributed by atoms with E-state index in [1.807, 2.05) is 39.0 Å². The number of amides is 1. The van der Waals surface area contributed by atoms with Crippen molar-refractivity contribution in [1.82, 2.24) is 5.32 Å². The number of rotatable bonds is 5. The van der Waals surface area contributed by atoms with Crippen LogP contribution >= 0.6 is 0 Å². The summed E-state index contributed by atoms with van der Waals surface area (Å²) < 4.78 is 0. The number of hydrogen-bond acceptors (Lipinski definition) is 2. The summed E-state index contributed by atoms with van der Waals surface area (Å²) in [6, 6.07) is 9.64. The molecule has 1 aromatic rings. The van der Waals surface area contributed by atoms with Crippen LogP contribution in [-0.4, -0.2) is 23.3 Å². The van der Waals surface area contributed by atoms with Crippen LogP contribution in [-0.2, 0) is 6.42 Å². The molecule has 0 fully saturated rings. The fourth-order valence-electron chi connectivity index (χ4n) is 2.24. The minimum absolute atomic E-state index is 0.198. The summed E-state index contributed by atoms with van der Waals surface area (Å²) in [7, 11) is 0. The molecule has 0 aromatic heterocycles. The first-order valence-electron chi connectivity index (χ1n) is 6.59. The van der Waals surface area contributed by atoms with E-state index < -0.39 is 6.09 Å². The Hall–Kier alpha value is -1.55. The minimum atomic E-state index is -1.02. The Bertz CT molecular complexity index is 398. The van der Waals surface area contributed by atoms with Gasteiger partial charge in [-0.15, -0.1) is 0 Å². The quantitative estimate of drug-likeness (QED) is 0.765. The molecule has 19 heavy (non-hydrogen) atoms. The summed E-state index contributed by atoms with van der Waals surface area (Å²) in [6.07, 6.45) is 0.595. The molecule has 0 aliphatic heterocycles. The number of nitrogens with one attached hydrogen (secondary N) is 1. The highest BCUT2D eigenvalue weighted by Gasteiger charge is 2.31. The Balaban J connectivity index is 2.62. The number of carboxylic acid groups (broad SMARTS) is 1. The molecule has 0 spiro atoms.